The molecule has 0 aliphatic heterocycles. The van der Waals surface area contributed by atoms with Crippen LogP contribution in [0.1, 0.15) is 17.0 Å². The summed E-state index contributed by atoms with van der Waals surface area (Å²) in [7, 11) is 1.59. The summed E-state index contributed by atoms with van der Waals surface area (Å²) in [5, 5.41) is 14.2. The SMILES string of the molecule is CNC(=O)C/C(=C/c1ccc([N+](=O)[O-])cc1)c1nc2ccccc2s1. The first-order chi connectivity index (χ1) is 12.1. The van der Waals surface area contributed by atoms with Gasteiger partial charge >= 0.3 is 0 Å². The van der Waals surface area contributed by atoms with Gasteiger partial charge in [0.1, 0.15) is 5.01 Å². The lowest BCUT2D eigenvalue weighted by molar-refractivity contribution is -0.384. The van der Waals surface area contributed by atoms with E-state index in [1.807, 2.05) is 30.3 Å². The minimum Gasteiger partial charge on any atom is -0.359 e. The van der Waals surface area contributed by atoms with Crippen LogP contribution in [-0.2, 0) is 4.79 Å². The number of rotatable bonds is 5. The highest BCUT2D eigenvalue weighted by Crippen LogP contribution is 2.30. The first-order valence-electron chi connectivity index (χ1n) is 7.58. The number of amides is 1. The van der Waals surface area contributed by atoms with Gasteiger partial charge in [-0.3, -0.25) is 14.9 Å². The second-order valence-corrected chi connectivity index (χ2v) is 6.39. The second-order valence-electron chi connectivity index (χ2n) is 5.35. The molecule has 3 rings (SSSR count). The van der Waals surface area contributed by atoms with Crippen molar-refractivity contribution in [2.75, 3.05) is 7.05 Å². The summed E-state index contributed by atoms with van der Waals surface area (Å²) >= 11 is 1.52. The number of non-ortho nitro benzene ring substituents is 1. The summed E-state index contributed by atoms with van der Waals surface area (Å²) < 4.78 is 1.05. The summed E-state index contributed by atoms with van der Waals surface area (Å²) in [6.45, 7) is 0. The molecule has 0 saturated carbocycles. The Kier molecular flexibility index (Phi) is 4.85. The molecule has 1 heterocycles. The third kappa shape index (κ3) is 3.89. The van der Waals surface area contributed by atoms with Gasteiger partial charge in [0, 0.05) is 19.2 Å². The maximum atomic E-state index is 11.9. The molecular formula is C18H15N3O3S. The van der Waals surface area contributed by atoms with Crippen LogP contribution in [0.5, 0.6) is 0 Å². The average molecular weight is 353 g/mol. The number of carbonyl (C=O) groups excluding carboxylic acids is 1. The van der Waals surface area contributed by atoms with Crippen LogP contribution in [-0.4, -0.2) is 22.9 Å². The fourth-order valence-electron chi connectivity index (χ4n) is 2.35. The van der Waals surface area contributed by atoms with Crippen molar-refractivity contribution >= 4 is 44.8 Å². The Morgan fingerprint density at radius 3 is 2.60 bits per heavy atom. The van der Waals surface area contributed by atoms with Crippen molar-refractivity contribution in [1.82, 2.24) is 10.3 Å². The van der Waals surface area contributed by atoms with E-state index in [-0.39, 0.29) is 18.0 Å². The van der Waals surface area contributed by atoms with Gasteiger partial charge in [-0.25, -0.2) is 4.98 Å². The van der Waals surface area contributed by atoms with Crippen LogP contribution in [0, 0.1) is 10.1 Å². The summed E-state index contributed by atoms with van der Waals surface area (Å²) in [4.78, 5) is 26.8. The van der Waals surface area contributed by atoms with E-state index >= 15 is 0 Å². The van der Waals surface area contributed by atoms with Gasteiger partial charge in [-0.2, -0.15) is 0 Å². The summed E-state index contributed by atoms with van der Waals surface area (Å²) in [6, 6.07) is 14.0. The monoisotopic (exact) mass is 353 g/mol. The quantitative estimate of drug-likeness (QED) is 0.557. The van der Waals surface area contributed by atoms with Crippen LogP contribution in [0.3, 0.4) is 0 Å². The van der Waals surface area contributed by atoms with Crippen molar-refractivity contribution in [1.29, 1.82) is 0 Å². The zero-order chi connectivity index (χ0) is 17.8. The predicted molar refractivity (Wildman–Crippen MR) is 99.3 cm³/mol. The van der Waals surface area contributed by atoms with Gasteiger partial charge in [-0.15, -0.1) is 11.3 Å². The Labute approximate surface area is 148 Å². The number of hydrogen-bond acceptors (Lipinski definition) is 5. The van der Waals surface area contributed by atoms with E-state index in [1.54, 1.807) is 19.2 Å². The zero-order valence-corrected chi connectivity index (χ0v) is 14.2. The third-order valence-corrected chi connectivity index (χ3v) is 4.76. The Morgan fingerprint density at radius 2 is 1.96 bits per heavy atom. The van der Waals surface area contributed by atoms with E-state index < -0.39 is 4.92 Å². The van der Waals surface area contributed by atoms with E-state index in [1.165, 1.54) is 23.5 Å². The number of para-hydroxylation sites is 1. The Morgan fingerprint density at radius 1 is 1.24 bits per heavy atom. The van der Waals surface area contributed by atoms with E-state index in [0.29, 0.717) is 0 Å². The van der Waals surface area contributed by atoms with Crippen molar-refractivity contribution < 1.29 is 9.72 Å². The normalized spacial score (nSPS) is 11.5. The van der Waals surface area contributed by atoms with Gasteiger partial charge < -0.3 is 5.32 Å². The molecule has 25 heavy (non-hydrogen) atoms. The molecule has 0 aliphatic carbocycles. The number of nitro groups is 1. The first-order valence-corrected chi connectivity index (χ1v) is 8.40. The molecule has 0 radical (unpaired) electrons. The largest absolute Gasteiger partial charge is 0.359 e. The van der Waals surface area contributed by atoms with E-state index in [4.69, 9.17) is 0 Å². The Balaban J connectivity index is 2.01. The number of fused-ring (bicyclic) bond motifs is 1. The predicted octanol–water partition coefficient (Wildman–Crippen LogP) is 3.88. The van der Waals surface area contributed by atoms with Crippen molar-refractivity contribution in [3.63, 3.8) is 0 Å². The fraction of sp³-hybridized carbons (Fsp3) is 0.111. The van der Waals surface area contributed by atoms with Crippen LogP contribution in [0.4, 0.5) is 5.69 Å². The maximum Gasteiger partial charge on any atom is 0.269 e. The molecule has 0 atom stereocenters. The molecule has 1 amide bonds. The van der Waals surface area contributed by atoms with Crippen LogP contribution in [0.25, 0.3) is 21.9 Å². The minimum atomic E-state index is -0.438. The lowest BCUT2D eigenvalue weighted by Crippen LogP contribution is -2.17. The number of nitrogens with one attached hydrogen (secondary N) is 1. The van der Waals surface area contributed by atoms with E-state index in [2.05, 4.69) is 10.3 Å². The van der Waals surface area contributed by atoms with Crippen LogP contribution in [0.15, 0.2) is 48.5 Å². The summed E-state index contributed by atoms with van der Waals surface area (Å²) in [5.74, 6) is -0.118. The molecule has 0 fully saturated rings. The Hall–Kier alpha value is -3.06. The maximum absolute atomic E-state index is 11.9. The molecule has 0 bridgehead atoms. The van der Waals surface area contributed by atoms with Gasteiger partial charge in [-0.05, 0) is 41.5 Å². The standard InChI is InChI=1S/C18H15N3O3S/c1-19-17(22)11-13(10-12-6-8-14(9-7-12)21(23)24)18-20-15-4-2-3-5-16(15)25-18/h2-10H,11H2,1H3,(H,19,22)/b13-10-. The number of hydrogen-bond donors (Lipinski definition) is 1. The lowest BCUT2D eigenvalue weighted by atomic mass is 10.1. The number of nitro benzene ring substituents is 1. The molecule has 6 nitrogen and oxygen atoms in total. The fourth-order valence-corrected chi connectivity index (χ4v) is 3.33. The molecule has 7 heteroatoms. The van der Waals surface area contributed by atoms with Crippen LogP contribution < -0.4 is 5.32 Å². The molecule has 1 N–H and O–H groups in total. The Bertz CT molecular complexity index is 928. The van der Waals surface area contributed by atoms with E-state index in [9.17, 15) is 14.9 Å². The number of thiazole rings is 1. The van der Waals surface area contributed by atoms with Crippen molar-refractivity contribution in [2.45, 2.75) is 6.42 Å². The smallest absolute Gasteiger partial charge is 0.269 e. The van der Waals surface area contributed by atoms with Gasteiger partial charge in [0.15, 0.2) is 0 Å². The highest BCUT2D eigenvalue weighted by Gasteiger charge is 2.13. The number of aromatic nitrogens is 1. The molecule has 0 aliphatic rings. The first kappa shape index (κ1) is 16.8. The summed E-state index contributed by atoms with van der Waals surface area (Å²) in [6.07, 6.45) is 2.03. The number of nitrogens with zero attached hydrogens (tertiary/aromatic N) is 2. The molecule has 0 spiro atoms. The molecule has 0 unspecified atom stereocenters. The van der Waals surface area contributed by atoms with Gasteiger partial charge in [0.05, 0.1) is 21.6 Å². The second kappa shape index (κ2) is 7.23. The minimum absolute atomic E-state index is 0.0324. The van der Waals surface area contributed by atoms with Gasteiger partial charge in [0.2, 0.25) is 5.91 Å². The van der Waals surface area contributed by atoms with Crippen LogP contribution in [0.2, 0.25) is 0 Å². The van der Waals surface area contributed by atoms with Gasteiger partial charge in [-0.1, -0.05) is 12.1 Å². The highest BCUT2D eigenvalue weighted by molar-refractivity contribution is 7.19. The van der Waals surface area contributed by atoms with Crippen LogP contribution >= 0.6 is 11.3 Å². The highest BCUT2D eigenvalue weighted by atomic mass is 32.1. The third-order valence-electron chi connectivity index (χ3n) is 3.64. The molecule has 1 aromatic heterocycles. The van der Waals surface area contributed by atoms with Gasteiger partial charge in [0.25, 0.3) is 5.69 Å². The molecule has 3 aromatic rings. The topological polar surface area (TPSA) is 85.1 Å². The van der Waals surface area contributed by atoms with Crippen molar-refractivity contribution in [2.24, 2.45) is 0 Å². The van der Waals surface area contributed by atoms with E-state index in [0.717, 1.165) is 26.4 Å². The van der Waals surface area contributed by atoms with Crippen molar-refractivity contribution in [3.8, 4) is 0 Å². The lowest BCUT2D eigenvalue weighted by Gasteiger charge is -2.04. The molecule has 126 valence electrons. The average Bonchev–Trinajstić information content (AvgIpc) is 3.05. The summed E-state index contributed by atoms with van der Waals surface area (Å²) in [5.41, 5.74) is 2.47. The molecule has 2 aromatic carbocycles. The molecular weight excluding hydrogens is 338 g/mol. The zero-order valence-electron chi connectivity index (χ0n) is 13.4. The van der Waals surface area contributed by atoms with Crippen molar-refractivity contribution in [3.05, 3.63) is 69.2 Å². The number of carbonyl (C=O) groups is 1. The molecule has 0 saturated heterocycles. The number of benzene rings is 2.